The van der Waals surface area contributed by atoms with Gasteiger partial charge in [-0.3, -0.25) is 19.1 Å². The summed E-state index contributed by atoms with van der Waals surface area (Å²) in [6, 6.07) is 15.6. The van der Waals surface area contributed by atoms with Gasteiger partial charge in [-0.25, -0.2) is 14.4 Å². The van der Waals surface area contributed by atoms with E-state index in [-0.39, 0.29) is 13.0 Å². The van der Waals surface area contributed by atoms with Crippen LogP contribution in [0.4, 0.5) is 9.18 Å². The van der Waals surface area contributed by atoms with Gasteiger partial charge in [-0.1, -0.05) is 80.9 Å². The number of esters is 1. The number of aliphatic hydroxyl groups is 2. The van der Waals surface area contributed by atoms with Crippen molar-refractivity contribution in [2.45, 2.75) is 69.9 Å². The van der Waals surface area contributed by atoms with Gasteiger partial charge in [-0.05, 0) is 17.0 Å². The average Bonchev–Trinajstić information content (AvgIpc) is 3.35. The van der Waals surface area contributed by atoms with Gasteiger partial charge in [0.05, 0.1) is 6.20 Å². The van der Waals surface area contributed by atoms with Crippen LogP contribution < -0.4 is 21.9 Å². The van der Waals surface area contributed by atoms with Crippen molar-refractivity contribution in [1.82, 2.24) is 20.2 Å². The van der Waals surface area contributed by atoms with E-state index in [0.29, 0.717) is 17.2 Å². The number of benzene rings is 2. The van der Waals surface area contributed by atoms with Gasteiger partial charge in [0.15, 0.2) is 6.23 Å². The van der Waals surface area contributed by atoms with Crippen LogP contribution in [0, 0.1) is 11.7 Å². The molecule has 0 aliphatic carbocycles. The Kier molecular flexibility index (Phi) is 12.0. The Labute approximate surface area is 268 Å². The lowest BCUT2D eigenvalue weighted by atomic mass is 9.98. The Morgan fingerprint density at radius 3 is 2.26 bits per heavy atom. The van der Waals surface area contributed by atoms with Crippen molar-refractivity contribution in [2.75, 3.05) is 6.61 Å². The predicted octanol–water partition coefficient (Wildman–Crippen LogP) is 0.907. The fourth-order valence-corrected chi connectivity index (χ4v) is 4.89. The van der Waals surface area contributed by atoms with Crippen molar-refractivity contribution >= 4 is 18.0 Å². The molecule has 7 atom stereocenters. The zero-order valence-corrected chi connectivity index (χ0v) is 25.7. The van der Waals surface area contributed by atoms with Crippen LogP contribution in [0.15, 0.2) is 76.4 Å². The molecule has 1 aliphatic heterocycles. The highest BCUT2D eigenvalue weighted by molar-refractivity contribution is 5.90. The SMILES string of the molecule is CC[C@H](C)[C@H](NC(=O)[C@H](Cc1ccccc1)NC(=O)OCc1ccccc1)C(=O)OC[C@H]1O[C@@H](n2cc(F)c(=O)[nH]c2=O)[C@H](O)[C@@H]1O. The summed E-state index contributed by atoms with van der Waals surface area (Å²) in [4.78, 5) is 64.8. The molecule has 0 radical (unpaired) electrons. The van der Waals surface area contributed by atoms with Gasteiger partial charge in [-0.2, -0.15) is 4.39 Å². The number of aromatic amines is 1. The molecule has 15 heteroatoms. The molecule has 2 heterocycles. The number of carbonyl (C=O) groups excluding carboxylic acids is 3. The lowest BCUT2D eigenvalue weighted by molar-refractivity contribution is -0.155. The number of rotatable bonds is 13. The molecule has 1 saturated heterocycles. The number of nitrogens with one attached hydrogen (secondary N) is 3. The highest BCUT2D eigenvalue weighted by atomic mass is 19.1. The topological polar surface area (TPSA) is 198 Å². The van der Waals surface area contributed by atoms with Crippen molar-refractivity contribution < 1.29 is 43.2 Å². The third-order valence-corrected chi connectivity index (χ3v) is 7.79. The van der Waals surface area contributed by atoms with Gasteiger partial charge in [0, 0.05) is 6.42 Å². The predicted molar refractivity (Wildman–Crippen MR) is 163 cm³/mol. The second-order valence-electron chi connectivity index (χ2n) is 11.1. The van der Waals surface area contributed by atoms with Crippen LogP contribution in [-0.4, -0.2) is 74.7 Å². The fourth-order valence-electron chi connectivity index (χ4n) is 4.89. The molecule has 3 aromatic rings. The maximum absolute atomic E-state index is 13.8. The van der Waals surface area contributed by atoms with E-state index < -0.39 is 84.2 Å². The number of amides is 2. The van der Waals surface area contributed by atoms with Gasteiger partial charge in [0.2, 0.25) is 11.7 Å². The van der Waals surface area contributed by atoms with Crippen molar-refractivity contribution in [1.29, 1.82) is 0 Å². The molecule has 2 aromatic carbocycles. The minimum absolute atomic E-state index is 0.0232. The highest BCUT2D eigenvalue weighted by Gasteiger charge is 2.45. The standard InChI is InChI=1S/C32H37FN4O10/c1-3-18(2)24(30(42)45-17-23-25(38)26(39)29(47-23)37-15-21(33)27(40)36-31(37)43)35-28(41)22(14-19-10-6-4-7-11-19)34-32(44)46-16-20-12-8-5-9-13-20/h4-13,15,18,22-26,29,38-39H,3,14,16-17H2,1-2H3,(H,34,44)(H,35,41)(H,36,40,43)/t18-,22-,23+,24-,25+,26+,29+/m0/s1. The number of aliphatic hydroxyl groups excluding tert-OH is 2. The van der Waals surface area contributed by atoms with Crippen LogP contribution in [0.2, 0.25) is 0 Å². The van der Waals surface area contributed by atoms with Crippen LogP contribution in [-0.2, 0) is 36.8 Å². The Balaban J connectivity index is 1.42. The van der Waals surface area contributed by atoms with Gasteiger partial charge in [0.25, 0.3) is 5.56 Å². The van der Waals surface area contributed by atoms with Crippen LogP contribution in [0.1, 0.15) is 37.6 Å². The first-order valence-electron chi connectivity index (χ1n) is 15.0. The summed E-state index contributed by atoms with van der Waals surface area (Å²) in [6.07, 6.45) is -6.12. The van der Waals surface area contributed by atoms with Gasteiger partial charge >= 0.3 is 17.8 Å². The highest BCUT2D eigenvalue weighted by Crippen LogP contribution is 2.28. The van der Waals surface area contributed by atoms with Gasteiger partial charge < -0.3 is 35.1 Å². The molecule has 0 unspecified atom stereocenters. The number of halogens is 1. The molecule has 0 spiro atoms. The number of ether oxygens (including phenoxy) is 3. The molecule has 1 fully saturated rings. The Hall–Kier alpha value is -4.86. The zero-order valence-electron chi connectivity index (χ0n) is 25.7. The second-order valence-corrected chi connectivity index (χ2v) is 11.1. The molecule has 1 aromatic heterocycles. The monoisotopic (exact) mass is 656 g/mol. The number of hydrogen-bond donors (Lipinski definition) is 5. The Morgan fingerprint density at radius 1 is 0.979 bits per heavy atom. The van der Waals surface area contributed by atoms with Crippen molar-refractivity contribution in [3.05, 3.63) is 105 Å². The molecular weight excluding hydrogens is 619 g/mol. The number of carbonyl (C=O) groups is 3. The van der Waals surface area contributed by atoms with Crippen LogP contribution in [0.5, 0.6) is 0 Å². The van der Waals surface area contributed by atoms with E-state index in [1.54, 1.807) is 73.4 Å². The summed E-state index contributed by atoms with van der Waals surface area (Å²) in [7, 11) is 0. The molecule has 14 nitrogen and oxygen atoms in total. The maximum atomic E-state index is 13.8. The average molecular weight is 657 g/mol. The smallest absolute Gasteiger partial charge is 0.408 e. The third-order valence-electron chi connectivity index (χ3n) is 7.79. The van der Waals surface area contributed by atoms with Gasteiger partial charge in [-0.15, -0.1) is 0 Å². The van der Waals surface area contributed by atoms with Crippen molar-refractivity contribution in [3.63, 3.8) is 0 Å². The Bertz CT molecular complexity index is 1630. The molecule has 0 saturated carbocycles. The van der Waals surface area contributed by atoms with Crippen LogP contribution in [0.25, 0.3) is 0 Å². The first kappa shape index (κ1) is 35.0. The van der Waals surface area contributed by atoms with E-state index in [1.807, 2.05) is 6.07 Å². The van der Waals surface area contributed by atoms with Crippen molar-refractivity contribution in [2.24, 2.45) is 5.92 Å². The summed E-state index contributed by atoms with van der Waals surface area (Å²) in [5, 5.41) is 26.2. The van der Waals surface area contributed by atoms with Crippen LogP contribution in [0.3, 0.4) is 0 Å². The minimum Gasteiger partial charge on any atom is -0.461 e. The molecule has 4 rings (SSSR count). The van der Waals surface area contributed by atoms with E-state index in [2.05, 4.69) is 10.6 Å². The Morgan fingerprint density at radius 2 is 1.62 bits per heavy atom. The summed E-state index contributed by atoms with van der Waals surface area (Å²) in [6.45, 7) is 2.88. The quantitative estimate of drug-likeness (QED) is 0.165. The number of H-pyrrole nitrogens is 1. The lowest BCUT2D eigenvalue weighted by Crippen LogP contribution is -2.54. The summed E-state index contributed by atoms with van der Waals surface area (Å²) >= 11 is 0. The van der Waals surface area contributed by atoms with E-state index >= 15 is 0 Å². The van der Waals surface area contributed by atoms with Crippen molar-refractivity contribution in [3.8, 4) is 0 Å². The summed E-state index contributed by atoms with van der Waals surface area (Å²) in [5.74, 6) is -3.33. The fraction of sp³-hybridized carbons (Fsp3) is 0.406. The molecule has 252 valence electrons. The largest absolute Gasteiger partial charge is 0.461 e. The minimum atomic E-state index is -1.74. The number of nitrogens with zero attached hydrogens (tertiary/aromatic N) is 1. The van der Waals surface area contributed by atoms with E-state index in [9.17, 15) is 38.6 Å². The normalized spacial score (nSPS) is 20.9. The first-order valence-corrected chi connectivity index (χ1v) is 15.0. The summed E-state index contributed by atoms with van der Waals surface area (Å²) < 4.78 is 30.6. The van der Waals surface area contributed by atoms with E-state index in [4.69, 9.17) is 14.2 Å². The maximum Gasteiger partial charge on any atom is 0.408 e. The molecule has 5 N–H and O–H groups in total. The van der Waals surface area contributed by atoms with E-state index in [0.717, 1.165) is 11.1 Å². The molecular formula is C32H37FN4O10. The van der Waals surface area contributed by atoms with E-state index in [1.165, 1.54) is 0 Å². The van der Waals surface area contributed by atoms with Crippen LogP contribution >= 0.6 is 0 Å². The summed E-state index contributed by atoms with van der Waals surface area (Å²) in [5.41, 5.74) is -0.874. The number of alkyl carbamates (subject to hydrolysis) is 1. The third kappa shape index (κ3) is 9.12. The molecule has 1 aliphatic rings. The molecule has 47 heavy (non-hydrogen) atoms. The second kappa shape index (κ2) is 16.1. The number of aromatic nitrogens is 2. The molecule has 2 amide bonds. The molecule has 0 bridgehead atoms. The number of hydrogen-bond acceptors (Lipinski definition) is 10. The zero-order chi connectivity index (χ0) is 34.1. The van der Waals surface area contributed by atoms with Gasteiger partial charge in [0.1, 0.15) is 43.6 Å². The first-order chi connectivity index (χ1) is 22.5. The lowest BCUT2D eigenvalue weighted by Gasteiger charge is -2.26.